The van der Waals surface area contributed by atoms with E-state index in [9.17, 15) is 4.79 Å². The maximum atomic E-state index is 11.1. The Morgan fingerprint density at radius 3 is 2.52 bits per heavy atom. The smallest absolute Gasteiger partial charge is 0.323 e. The Hall–Kier alpha value is -2.60. The summed E-state index contributed by atoms with van der Waals surface area (Å²) in [4.78, 5) is 11.1. The third kappa shape index (κ3) is 2.98. The summed E-state index contributed by atoms with van der Waals surface area (Å²) in [6, 6.07) is 8.94. The molecular formula is C16H14ClN3O3. The molecule has 23 heavy (non-hydrogen) atoms. The van der Waals surface area contributed by atoms with Crippen LogP contribution in [0.2, 0.25) is 5.02 Å². The van der Waals surface area contributed by atoms with Crippen LogP contribution in [0.3, 0.4) is 0 Å². The van der Waals surface area contributed by atoms with Gasteiger partial charge < -0.3 is 14.1 Å². The van der Waals surface area contributed by atoms with E-state index in [1.54, 1.807) is 28.8 Å². The Labute approximate surface area is 137 Å². The molecule has 0 aliphatic heterocycles. The van der Waals surface area contributed by atoms with Gasteiger partial charge in [-0.15, -0.1) is 10.2 Å². The van der Waals surface area contributed by atoms with Gasteiger partial charge in [0, 0.05) is 16.3 Å². The molecule has 0 fully saturated rings. The number of nitrogens with zero attached hydrogens (tertiary/aromatic N) is 3. The van der Waals surface area contributed by atoms with Crippen LogP contribution in [0.5, 0.6) is 0 Å². The molecule has 7 heteroatoms. The third-order valence-electron chi connectivity index (χ3n) is 3.51. The van der Waals surface area contributed by atoms with Crippen molar-refractivity contribution in [3.05, 3.63) is 46.6 Å². The van der Waals surface area contributed by atoms with Crippen molar-refractivity contribution in [2.45, 2.75) is 20.4 Å². The average Bonchev–Trinajstić information content (AvgIpc) is 3.05. The Balaban J connectivity index is 2.03. The van der Waals surface area contributed by atoms with Gasteiger partial charge in [-0.3, -0.25) is 4.79 Å². The van der Waals surface area contributed by atoms with Gasteiger partial charge in [-0.25, -0.2) is 0 Å². The second-order valence-electron chi connectivity index (χ2n) is 5.22. The van der Waals surface area contributed by atoms with Crippen LogP contribution in [0.1, 0.15) is 11.3 Å². The van der Waals surface area contributed by atoms with Crippen molar-refractivity contribution in [1.82, 2.24) is 14.8 Å². The second-order valence-corrected chi connectivity index (χ2v) is 5.65. The molecule has 3 rings (SSSR count). The highest BCUT2D eigenvalue weighted by molar-refractivity contribution is 6.30. The Bertz CT molecular complexity index is 865. The number of aromatic nitrogens is 3. The molecule has 6 nitrogen and oxygen atoms in total. The summed E-state index contributed by atoms with van der Waals surface area (Å²) in [5.41, 5.74) is 3.08. The summed E-state index contributed by atoms with van der Waals surface area (Å²) in [6.07, 6.45) is 0. The van der Waals surface area contributed by atoms with Crippen LogP contribution in [0.15, 0.2) is 34.7 Å². The summed E-state index contributed by atoms with van der Waals surface area (Å²) in [5.74, 6) is -0.277. The fraction of sp³-hybridized carbons (Fsp3) is 0.188. The van der Waals surface area contributed by atoms with Crippen LogP contribution in [0, 0.1) is 13.8 Å². The van der Waals surface area contributed by atoms with Crippen LogP contribution in [0.25, 0.3) is 23.0 Å². The second kappa shape index (κ2) is 5.89. The lowest BCUT2D eigenvalue weighted by Crippen LogP contribution is -2.11. The number of hydrogen-bond acceptors (Lipinski definition) is 4. The van der Waals surface area contributed by atoms with Crippen molar-refractivity contribution < 1.29 is 14.3 Å². The number of hydrogen-bond donors (Lipinski definition) is 1. The predicted molar refractivity (Wildman–Crippen MR) is 85.3 cm³/mol. The number of benzene rings is 1. The largest absolute Gasteiger partial charge is 0.480 e. The van der Waals surface area contributed by atoms with E-state index in [-0.39, 0.29) is 6.54 Å². The minimum Gasteiger partial charge on any atom is -0.480 e. The zero-order chi connectivity index (χ0) is 16.6. The lowest BCUT2D eigenvalue weighted by Gasteiger charge is -2.06. The Morgan fingerprint density at radius 2 is 1.87 bits per heavy atom. The first-order valence-corrected chi connectivity index (χ1v) is 7.32. The molecule has 0 aliphatic carbocycles. The average molecular weight is 332 g/mol. The quantitative estimate of drug-likeness (QED) is 0.790. The number of aliphatic carboxylic acids is 1. The van der Waals surface area contributed by atoms with E-state index in [1.165, 1.54) is 0 Å². The summed E-state index contributed by atoms with van der Waals surface area (Å²) < 4.78 is 7.38. The summed E-state index contributed by atoms with van der Waals surface area (Å²) in [6.45, 7) is 3.57. The lowest BCUT2D eigenvalue weighted by atomic mass is 10.2. The molecule has 1 N–H and O–H groups in total. The molecular weight excluding hydrogens is 318 g/mol. The number of carbonyl (C=O) groups is 1. The van der Waals surface area contributed by atoms with Crippen LogP contribution >= 0.6 is 11.6 Å². The summed E-state index contributed by atoms with van der Waals surface area (Å²) in [7, 11) is 0. The molecule has 0 saturated heterocycles. The van der Waals surface area contributed by atoms with Crippen molar-refractivity contribution in [1.29, 1.82) is 0 Å². The van der Waals surface area contributed by atoms with E-state index in [2.05, 4.69) is 10.2 Å². The highest BCUT2D eigenvalue weighted by Gasteiger charge is 2.19. The van der Waals surface area contributed by atoms with Crippen LogP contribution in [0.4, 0.5) is 0 Å². The maximum absolute atomic E-state index is 11.1. The van der Waals surface area contributed by atoms with Gasteiger partial charge in [-0.2, -0.15) is 0 Å². The Kier molecular flexibility index (Phi) is 3.92. The molecule has 0 amide bonds. The molecule has 0 saturated carbocycles. The standard InChI is InChI=1S/C16H14ClN3O3/c1-9-7-10(2)20(8-13(21)22)14(9)16-19-18-15(23-16)11-3-5-12(17)6-4-11/h3-7H,8H2,1-2H3,(H,21,22). The van der Waals surface area contributed by atoms with Crippen molar-refractivity contribution in [3.8, 4) is 23.0 Å². The first kappa shape index (κ1) is 15.3. The number of carboxylic acids is 1. The van der Waals surface area contributed by atoms with Crippen LogP contribution in [-0.4, -0.2) is 25.8 Å². The molecule has 0 radical (unpaired) electrons. The number of aryl methyl sites for hydroxylation is 2. The van der Waals surface area contributed by atoms with Gasteiger partial charge in [0.05, 0.1) is 0 Å². The minimum atomic E-state index is -0.928. The fourth-order valence-electron chi connectivity index (χ4n) is 2.50. The molecule has 0 aliphatic rings. The molecule has 1 aromatic carbocycles. The van der Waals surface area contributed by atoms with Crippen molar-refractivity contribution >= 4 is 17.6 Å². The minimum absolute atomic E-state index is 0.159. The molecule has 0 bridgehead atoms. The molecule has 2 aromatic heterocycles. The van der Waals surface area contributed by atoms with Gasteiger partial charge in [0.2, 0.25) is 5.89 Å². The fourth-order valence-corrected chi connectivity index (χ4v) is 2.63. The van der Waals surface area contributed by atoms with E-state index in [0.717, 1.165) is 16.8 Å². The van der Waals surface area contributed by atoms with Crippen molar-refractivity contribution in [3.63, 3.8) is 0 Å². The van der Waals surface area contributed by atoms with E-state index in [0.29, 0.717) is 22.5 Å². The SMILES string of the molecule is Cc1cc(C)n(CC(=O)O)c1-c1nnc(-c2ccc(Cl)cc2)o1. The highest BCUT2D eigenvalue weighted by atomic mass is 35.5. The van der Waals surface area contributed by atoms with Crippen molar-refractivity contribution in [2.24, 2.45) is 0 Å². The highest BCUT2D eigenvalue weighted by Crippen LogP contribution is 2.29. The topological polar surface area (TPSA) is 81.2 Å². The van der Waals surface area contributed by atoms with Gasteiger partial charge in [0.1, 0.15) is 12.2 Å². The molecule has 0 unspecified atom stereocenters. The van der Waals surface area contributed by atoms with E-state index >= 15 is 0 Å². The third-order valence-corrected chi connectivity index (χ3v) is 3.76. The Morgan fingerprint density at radius 1 is 1.22 bits per heavy atom. The van der Waals surface area contributed by atoms with E-state index in [4.69, 9.17) is 21.1 Å². The van der Waals surface area contributed by atoms with Gasteiger partial charge >= 0.3 is 5.97 Å². The zero-order valence-electron chi connectivity index (χ0n) is 12.6. The van der Waals surface area contributed by atoms with Gasteiger partial charge in [-0.05, 0) is 49.7 Å². The molecule has 2 heterocycles. The predicted octanol–water partition coefficient (Wildman–Crippen LogP) is 3.56. The lowest BCUT2D eigenvalue weighted by molar-refractivity contribution is -0.137. The zero-order valence-corrected chi connectivity index (χ0v) is 13.3. The molecule has 0 spiro atoms. The van der Waals surface area contributed by atoms with Crippen LogP contribution < -0.4 is 0 Å². The van der Waals surface area contributed by atoms with Crippen LogP contribution in [-0.2, 0) is 11.3 Å². The number of rotatable bonds is 4. The molecule has 0 atom stereocenters. The van der Waals surface area contributed by atoms with Gasteiger partial charge in [0.15, 0.2) is 0 Å². The van der Waals surface area contributed by atoms with E-state index < -0.39 is 5.97 Å². The number of carboxylic acid groups (broad SMARTS) is 1. The number of halogens is 1. The summed E-state index contributed by atoms with van der Waals surface area (Å²) in [5, 5.41) is 17.8. The maximum Gasteiger partial charge on any atom is 0.323 e. The van der Waals surface area contributed by atoms with Crippen molar-refractivity contribution in [2.75, 3.05) is 0 Å². The summed E-state index contributed by atoms with van der Waals surface area (Å²) >= 11 is 5.87. The molecule has 118 valence electrons. The van der Waals surface area contributed by atoms with Gasteiger partial charge in [-0.1, -0.05) is 11.6 Å². The van der Waals surface area contributed by atoms with E-state index in [1.807, 2.05) is 19.9 Å². The molecule has 3 aromatic rings. The van der Waals surface area contributed by atoms with Gasteiger partial charge in [0.25, 0.3) is 5.89 Å². The normalized spacial score (nSPS) is 10.9. The first-order chi connectivity index (χ1) is 11.0. The first-order valence-electron chi connectivity index (χ1n) is 6.94. The monoisotopic (exact) mass is 331 g/mol.